The number of nitro benzene ring substituents is 1. The Morgan fingerprint density at radius 3 is 2.58 bits per heavy atom. The summed E-state index contributed by atoms with van der Waals surface area (Å²) in [5.74, 6) is 0.570. The molecule has 0 spiro atoms. The summed E-state index contributed by atoms with van der Waals surface area (Å²) in [5.41, 5.74) is 7.00. The van der Waals surface area contributed by atoms with E-state index in [9.17, 15) is 14.9 Å². The molecule has 1 amide bonds. The molecule has 0 radical (unpaired) electrons. The van der Waals surface area contributed by atoms with Crippen molar-refractivity contribution in [3.63, 3.8) is 0 Å². The summed E-state index contributed by atoms with van der Waals surface area (Å²) in [5, 5.41) is 15.6. The minimum Gasteiger partial charge on any atom is -0.366 e. The van der Waals surface area contributed by atoms with Crippen LogP contribution in [0.5, 0.6) is 0 Å². The van der Waals surface area contributed by atoms with Crippen LogP contribution in [0.4, 0.5) is 5.69 Å². The normalized spacial score (nSPS) is 15.9. The molecule has 0 saturated carbocycles. The molecule has 1 atom stereocenters. The highest BCUT2D eigenvalue weighted by molar-refractivity contribution is 5.93. The fourth-order valence-electron chi connectivity index (χ4n) is 4.01. The third kappa shape index (κ3) is 5.41. The van der Waals surface area contributed by atoms with Crippen LogP contribution in [-0.4, -0.2) is 56.9 Å². The van der Waals surface area contributed by atoms with Gasteiger partial charge < -0.3 is 10.3 Å². The molecular formula is C23H26N6O4. The maximum absolute atomic E-state index is 11.5. The molecule has 1 fully saturated rings. The Bertz CT molecular complexity index is 1120. The van der Waals surface area contributed by atoms with E-state index >= 15 is 0 Å². The number of hydrogen-bond donors (Lipinski definition) is 1. The zero-order valence-corrected chi connectivity index (χ0v) is 18.4. The van der Waals surface area contributed by atoms with Crippen molar-refractivity contribution in [3.05, 3.63) is 87.1 Å². The van der Waals surface area contributed by atoms with E-state index in [1.807, 2.05) is 37.3 Å². The van der Waals surface area contributed by atoms with Crippen molar-refractivity contribution in [3.8, 4) is 0 Å². The number of primary amides is 1. The van der Waals surface area contributed by atoms with Crippen molar-refractivity contribution < 1.29 is 14.2 Å². The van der Waals surface area contributed by atoms with Gasteiger partial charge in [0.05, 0.1) is 11.0 Å². The molecule has 2 aromatic carbocycles. The van der Waals surface area contributed by atoms with Crippen molar-refractivity contribution in [2.45, 2.75) is 25.9 Å². The molecule has 0 aliphatic carbocycles. The van der Waals surface area contributed by atoms with E-state index in [-0.39, 0.29) is 17.3 Å². The van der Waals surface area contributed by atoms with Crippen molar-refractivity contribution in [1.29, 1.82) is 0 Å². The first kappa shape index (κ1) is 22.6. The third-order valence-electron chi connectivity index (χ3n) is 5.96. The highest BCUT2D eigenvalue weighted by Crippen LogP contribution is 2.25. The first-order chi connectivity index (χ1) is 15.9. The fourth-order valence-corrected chi connectivity index (χ4v) is 4.01. The van der Waals surface area contributed by atoms with Gasteiger partial charge in [-0.3, -0.25) is 24.7 Å². The van der Waals surface area contributed by atoms with Crippen molar-refractivity contribution in [1.82, 2.24) is 19.9 Å². The van der Waals surface area contributed by atoms with E-state index in [2.05, 4.69) is 19.9 Å². The van der Waals surface area contributed by atoms with Gasteiger partial charge in [-0.05, 0) is 18.6 Å². The maximum atomic E-state index is 11.5. The van der Waals surface area contributed by atoms with Crippen LogP contribution in [0, 0.1) is 10.1 Å². The summed E-state index contributed by atoms with van der Waals surface area (Å²) in [7, 11) is 0. The third-order valence-corrected chi connectivity index (χ3v) is 5.96. The maximum Gasteiger partial charge on any atom is 0.274 e. The van der Waals surface area contributed by atoms with Gasteiger partial charge in [0.25, 0.3) is 5.69 Å². The molecule has 10 heteroatoms. The summed E-state index contributed by atoms with van der Waals surface area (Å²) < 4.78 is 5.52. The highest BCUT2D eigenvalue weighted by Gasteiger charge is 2.27. The van der Waals surface area contributed by atoms with Crippen LogP contribution in [0.15, 0.2) is 53.1 Å². The second-order valence-electron chi connectivity index (χ2n) is 8.16. The second-order valence-corrected chi connectivity index (χ2v) is 8.16. The standard InChI is InChI=1S/C23H26N6O4/c1-16(23-25-21(26-33-23)13-17-5-3-2-4-6-17)28-11-9-27(10-12-28)15-19-8-7-18(22(24)30)14-20(19)29(31)32/h2-8,14,16H,9-13,15H2,1H3,(H2,24,30). The van der Waals surface area contributed by atoms with Crippen molar-refractivity contribution in [2.75, 3.05) is 26.2 Å². The van der Waals surface area contributed by atoms with Crippen LogP contribution in [0.3, 0.4) is 0 Å². The molecule has 4 rings (SSSR count). The Morgan fingerprint density at radius 2 is 1.91 bits per heavy atom. The van der Waals surface area contributed by atoms with Crippen LogP contribution in [0.2, 0.25) is 0 Å². The number of rotatable bonds is 8. The second kappa shape index (κ2) is 9.88. The Kier molecular flexibility index (Phi) is 6.76. The summed E-state index contributed by atoms with van der Waals surface area (Å²) in [6.45, 7) is 5.49. The van der Waals surface area contributed by atoms with E-state index in [1.54, 1.807) is 6.07 Å². The minimum absolute atomic E-state index is 0.0200. The van der Waals surface area contributed by atoms with E-state index in [1.165, 1.54) is 12.1 Å². The number of nitrogens with zero attached hydrogens (tertiary/aromatic N) is 5. The molecule has 1 saturated heterocycles. The fraction of sp³-hybridized carbons (Fsp3) is 0.348. The average molecular weight is 450 g/mol. The number of carbonyl (C=O) groups is 1. The van der Waals surface area contributed by atoms with Crippen molar-refractivity contribution in [2.24, 2.45) is 5.73 Å². The van der Waals surface area contributed by atoms with Gasteiger partial charge in [0, 0.05) is 56.3 Å². The Labute approximate surface area is 191 Å². The molecule has 2 heterocycles. The molecule has 3 aromatic rings. The lowest BCUT2D eigenvalue weighted by Gasteiger charge is -2.36. The summed E-state index contributed by atoms with van der Waals surface area (Å²) in [4.78, 5) is 31.3. The SMILES string of the molecule is CC(c1nc(Cc2ccccc2)no1)N1CCN(Cc2ccc(C(N)=O)cc2[N+](=O)[O-])CC1. The first-order valence-electron chi connectivity index (χ1n) is 10.8. The predicted molar refractivity (Wildman–Crippen MR) is 120 cm³/mol. The van der Waals surface area contributed by atoms with Gasteiger partial charge >= 0.3 is 0 Å². The number of nitrogens with two attached hydrogens (primary N) is 1. The van der Waals surface area contributed by atoms with Gasteiger partial charge in [-0.25, -0.2) is 0 Å². The zero-order valence-electron chi connectivity index (χ0n) is 18.4. The van der Waals surface area contributed by atoms with Gasteiger partial charge in [-0.2, -0.15) is 4.98 Å². The van der Waals surface area contributed by atoms with E-state index in [0.717, 1.165) is 31.7 Å². The number of aromatic nitrogens is 2. The molecule has 1 aromatic heterocycles. The van der Waals surface area contributed by atoms with Gasteiger partial charge in [0.1, 0.15) is 0 Å². The largest absolute Gasteiger partial charge is 0.366 e. The Balaban J connectivity index is 1.35. The van der Waals surface area contributed by atoms with Crippen molar-refractivity contribution >= 4 is 11.6 Å². The summed E-state index contributed by atoms with van der Waals surface area (Å²) >= 11 is 0. The molecule has 172 valence electrons. The Morgan fingerprint density at radius 1 is 1.18 bits per heavy atom. The highest BCUT2D eigenvalue weighted by atomic mass is 16.6. The van der Waals surface area contributed by atoms with Crippen LogP contribution in [-0.2, 0) is 13.0 Å². The molecule has 1 aliphatic rings. The van der Waals surface area contributed by atoms with Gasteiger partial charge in [-0.1, -0.05) is 41.6 Å². The van der Waals surface area contributed by atoms with Gasteiger partial charge in [-0.15, -0.1) is 0 Å². The number of benzene rings is 2. The number of nitro groups is 1. The lowest BCUT2D eigenvalue weighted by molar-refractivity contribution is -0.385. The molecule has 2 N–H and O–H groups in total. The van der Waals surface area contributed by atoms with Crippen LogP contribution in [0.1, 0.15) is 46.2 Å². The smallest absolute Gasteiger partial charge is 0.274 e. The number of amides is 1. The Hall–Kier alpha value is -3.63. The number of hydrogen-bond acceptors (Lipinski definition) is 8. The molecular weight excluding hydrogens is 424 g/mol. The van der Waals surface area contributed by atoms with Crippen LogP contribution in [0.25, 0.3) is 0 Å². The van der Waals surface area contributed by atoms with E-state index < -0.39 is 10.8 Å². The predicted octanol–water partition coefficient (Wildman–Crippen LogP) is 2.55. The zero-order chi connectivity index (χ0) is 23.4. The number of piperazine rings is 1. The molecule has 10 nitrogen and oxygen atoms in total. The summed E-state index contributed by atoms with van der Waals surface area (Å²) in [6, 6.07) is 14.4. The van der Waals surface area contributed by atoms with Gasteiger partial charge in [0.15, 0.2) is 5.82 Å². The summed E-state index contributed by atoms with van der Waals surface area (Å²) in [6.07, 6.45) is 0.623. The molecule has 1 aliphatic heterocycles. The monoisotopic (exact) mass is 450 g/mol. The van der Waals surface area contributed by atoms with Crippen LogP contribution < -0.4 is 5.73 Å². The first-order valence-corrected chi connectivity index (χ1v) is 10.8. The lowest BCUT2D eigenvalue weighted by Crippen LogP contribution is -2.46. The quantitative estimate of drug-likeness (QED) is 0.409. The molecule has 1 unspecified atom stereocenters. The number of carbonyl (C=O) groups excluding carboxylic acids is 1. The van der Waals surface area contributed by atoms with Crippen LogP contribution >= 0.6 is 0 Å². The molecule has 0 bridgehead atoms. The average Bonchev–Trinajstić information content (AvgIpc) is 3.28. The lowest BCUT2D eigenvalue weighted by atomic mass is 10.1. The van der Waals surface area contributed by atoms with Gasteiger partial charge in [0.2, 0.25) is 11.8 Å². The van der Waals surface area contributed by atoms with E-state index in [0.29, 0.717) is 30.2 Å². The minimum atomic E-state index is -0.680. The van der Waals surface area contributed by atoms with E-state index in [4.69, 9.17) is 10.3 Å². The molecule has 33 heavy (non-hydrogen) atoms. The topological polar surface area (TPSA) is 132 Å².